The topological polar surface area (TPSA) is 136 Å². The average Bonchev–Trinajstić information content (AvgIpc) is 2.85. The number of H-pyrrole nitrogens is 1. The van der Waals surface area contributed by atoms with Crippen molar-refractivity contribution < 1.29 is 14.6 Å². The minimum absolute atomic E-state index is 0.0718. The molecule has 4 heterocycles. The number of amides is 1. The van der Waals surface area contributed by atoms with E-state index in [1.165, 1.54) is 11.2 Å². The second-order valence-corrected chi connectivity index (χ2v) is 8.47. The van der Waals surface area contributed by atoms with Crippen LogP contribution in [0.15, 0.2) is 41.5 Å². The molecule has 0 spiro atoms. The number of aromatic nitrogens is 3. The zero-order chi connectivity index (χ0) is 23.5. The van der Waals surface area contributed by atoms with E-state index in [0.29, 0.717) is 35.6 Å². The van der Waals surface area contributed by atoms with Crippen LogP contribution in [-0.4, -0.2) is 76.5 Å². The van der Waals surface area contributed by atoms with Crippen LogP contribution in [-0.2, 0) is 4.74 Å². The summed E-state index contributed by atoms with van der Waals surface area (Å²) in [5.41, 5.74) is 2.12. The van der Waals surface area contributed by atoms with E-state index in [0.717, 1.165) is 50.5 Å². The number of hydrogen-bond acceptors (Lipinski definition) is 8. The molecule has 2 aliphatic heterocycles. The highest BCUT2D eigenvalue weighted by Gasteiger charge is 2.24. The van der Waals surface area contributed by atoms with Crippen molar-refractivity contribution in [1.29, 1.82) is 0 Å². The lowest BCUT2D eigenvalue weighted by Gasteiger charge is -2.31. The SMILES string of the molecule is O=C(O)N1CCC[C@@H](Nc2cc3nc[nH]c(=O)c3c(Nc3ccc(N4CCOCC4)cc3)n2)C1. The van der Waals surface area contributed by atoms with E-state index in [1.54, 1.807) is 6.07 Å². The summed E-state index contributed by atoms with van der Waals surface area (Å²) in [4.78, 5) is 39.2. The molecule has 11 nitrogen and oxygen atoms in total. The molecule has 4 N–H and O–H groups in total. The normalized spacial score (nSPS) is 18.6. The summed E-state index contributed by atoms with van der Waals surface area (Å²) in [6, 6.07) is 9.62. The Bertz CT molecular complexity index is 1220. The predicted octanol–water partition coefficient (Wildman–Crippen LogP) is 2.45. The summed E-state index contributed by atoms with van der Waals surface area (Å²) in [7, 11) is 0. The third-order valence-corrected chi connectivity index (χ3v) is 6.18. The van der Waals surface area contributed by atoms with Gasteiger partial charge in [0.2, 0.25) is 0 Å². The number of carboxylic acid groups (broad SMARTS) is 1. The predicted molar refractivity (Wildman–Crippen MR) is 129 cm³/mol. The van der Waals surface area contributed by atoms with Gasteiger partial charge in [0.25, 0.3) is 5.56 Å². The zero-order valence-electron chi connectivity index (χ0n) is 18.7. The van der Waals surface area contributed by atoms with Crippen LogP contribution >= 0.6 is 0 Å². The monoisotopic (exact) mass is 465 g/mol. The summed E-state index contributed by atoms with van der Waals surface area (Å²) in [6.07, 6.45) is 2.05. The standard InChI is InChI=1S/C23H27N7O4/c31-22-20-18(24-14-25-22)12-19(26-16-2-1-7-30(13-16)23(32)33)28-21(20)27-15-3-5-17(6-4-15)29-8-10-34-11-9-29/h3-6,12,14,16H,1-2,7-11,13H2,(H,32,33)(H,24,25,31)(H2,26,27,28)/t16-/m1/s1. The molecule has 2 aliphatic rings. The van der Waals surface area contributed by atoms with E-state index in [9.17, 15) is 14.7 Å². The van der Waals surface area contributed by atoms with Gasteiger partial charge in [-0.25, -0.2) is 14.8 Å². The van der Waals surface area contributed by atoms with Crippen LogP contribution in [0.3, 0.4) is 0 Å². The number of fused-ring (bicyclic) bond motifs is 1. The number of nitrogens with one attached hydrogen (secondary N) is 3. The minimum Gasteiger partial charge on any atom is -0.465 e. The van der Waals surface area contributed by atoms with E-state index in [1.807, 2.05) is 24.3 Å². The molecule has 34 heavy (non-hydrogen) atoms. The molecule has 5 rings (SSSR count). The van der Waals surface area contributed by atoms with Gasteiger partial charge in [-0.15, -0.1) is 0 Å². The van der Waals surface area contributed by atoms with Gasteiger partial charge >= 0.3 is 6.09 Å². The van der Waals surface area contributed by atoms with Gasteiger partial charge < -0.3 is 35.3 Å². The average molecular weight is 466 g/mol. The Balaban J connectivity index is 1.40. The van der Waals surface area contributed by atoms with Crippen LogP contribution in [0.4, 0.5) is 27.8 Å². The van der Waals surface area contributed by atoms with Crippen molar-refractivity contribution in [1.82, 2.24) is 19.9 Å². The molecular weight excluding hydrogens is 438 g/mol. The van der Waals surface area contributed by atoms with Gasteiger partial charge in [-0.2, -0.15) is 0 Å². The fourth-order valence-corrected chi connectivity index (χ4v) is 4.45. The molecule has 0 bridgehead atoms. The number of rotatable bonds is 5. The van der Waals surface area contributed by atoms with Crippen molar-refractivity contribution in [3.63, 3.8) is 0 Å². The molecule has 0 aliphatic carbocycles. The lowest BCUT2D eigenvalue weighted by molar-refractivity contribution is 0.122. The molecule has 2 saturated heterocycles. The Kier molecular flexibility index (Phi) is 6.17. The Morgan fingerprint density at radius 3 is 2.74 bits per heavy atom. The number of pyridine rings is 1. The van der Waals surface area contributed by atoms with Gasteiger partial charge in [0, 0.05) is 49.7 Å². The molecule has 0 radical (unpaired) electrons. The lowest BCUT2D eigenvalue weighted by atomic mass is 10.1. The van der Waals surface area contributed by atoms with Crippen LogP contribution < -0.4 is 21.1 Å². The maximum absolute atomic E-state index is 12.6. The van der Waals surface area contributed by atoms with E-state index < -0.39 is 6.09 Å². The lowest BCUT2D eigenvalue weighted by Crippen LogP contribution is -2.44. The molecule has 11 heteroatoms. The molecule has 2 fully saturated rings. The largest absolute Gasteiger partial charge is 0.465 e. The van der Waals surface area contributed by atoms with Crippen molar-refractivity contribution in [3.8, 4) is 0 Å². The summed E-state index contributed by atoms with van der Waals surface area (Å²) in [5, 5.41) is 16.3. The molecule has 1 aromatic carbocycles. The van der Waals surface area contributed by atoms with Gasteiger partial charge in [0.05, 0.1) is 25.1 Å². The first kappa shape index (κ1) is 22.0. The maximum atomic E-state index is 12.6. The third-order valence-electron chi connectivity index (χ3n) is 6.18. The minimum atomic E-state index is -0.922. The van der Waals surface area contributed by atoms with Gasteiger partial charge in [0.15, 0.2) is 0 Å². The van der Waals surface area contributed by atoms with Crippen molar-refractivity contribution in [2.75, 3.05) is 54.9 Å². The highest BCUT2D eigenvalue weighted by molar-refractivity contribution is 5.92. The number of hydrogen-bond donors (Lipinski definition) is 4. The van der Waals surface area contributed by atoms with Crippen LogP contribution in [0, 0.1) is 0 Å². The third kappa shape index (κ3) is 4.74. The first-order chi connectivity index (χ1) is 16.6. The Morgan fingerprint density at radius 2 is 1.97 bits per heavy atom. The van der Waals surface area contributed by atoms with Gasteiger partial charge in [-0.3, -0.25) is 4.79 Å². The fraction of sp³-hybridized carbons (Fsp3) is 0.391. The summed E-state index contributed by atoms with van der Waals surface area (Å²) < 4.78 is 5.42. The molecule has 1 atom stereocenters. The fourth-order valence-electron chi connectivity index (χ4n) is 4.45. The first-order valence-electron chi connectivity index (χ1n) is 11.4. The molecule has 0 saturated carbocycles. The van der Waals surface area contributed by atoms with Crippen LogP contribution in [0.25, 0.3) is 10.9 Å². The second kappa shape index (κ2) is 9.56. The van der Waals surface area contributed by atoms with E-state index in [2.05, 4.69) is 30.5 Å². The Morgan fingerprint density at radius 1 is 1.18 bits per heavy atom. The van der Waals surface area contributed by atoms with Crippen LogP contribution in [0.1, 0.15) is 12.8 Å². The highest BCUT2D eigenvalue weighted by Crippen LogP contribution is 2.26. The number of piperidine rings is 1. The number of likely N-dealkylation sites (tertiary alicyclic amines) is 1. The molecule has 0 unspecified atom stereocenters. The molecule has 1 amide bonds. The summed E-state index contributed by atoms with van der Waals surface area (Å²) >= 11 is 0. The van der Waals surface area contributed by atoms with Crippen molar-refractivity contribution in [2.24, 2.45) is 0 Å². The van der Waals surface area contributed by atoms with E-state index in [-0.39, 0.29) is 11.6 Å². The number of ether oxygens (including phenoxy) is 1. The quantitative estimate of drug-likeness (QED) is 0.448. The smallest absolute Gasteiger partial charge is 0.407 e. The second-order valence-electron chi connectivity index (χ2n) is 8.47. The number of aromatic amines is 1. The van der Waals surface area contributed by atoms with Crippen molar-refractivity contribution in [3.05, 3.63) is 47.0 Å². The Hall–Kier alpha value is -3.86. The van der Waals surface area contributed by atoms with Crippen molar-refractivity contribution >= 4 is 40.0 Å². The number of nitrogens with zero attached hydrogens (tertiary/aromatic N) is 4. The van der Waals surface area contributed by atoms with Gasteiger partial charge in [0.1, 0.15) is 17.0 Å². The van der Waals surface area contributed by atoms with Gasteiger partial charge in [-0.1, -0.05) is 0 Å². The van der Waals surface area contributed by atoms with E-state index in [4.69, 9.17) is 4.74 Å². The summed E-state index contributed by atoms with van der Waals surface area (Å²) in [5.74, 6) is 0.926. The molecule has 3 aromatic rings. The first-order valence-corrected chi connectivity index (χ1v) is 11.4. The number of carbonyl (C=O) groups is 1. The van der Waals surface area contributed by atoms with Crippen molar-refractivity contribution in [2.45, 2.75) is 18.9 Å². The maximum Gasteiger partial charge on any atom is 0.407 e. The van der Waals surface area contributed by atoms with E-state index >= 15 is 0 Å². The van der Waals surface area contributed by atoms with Crippen LogP contribution in [0.2, 0.25) is 0 Å². The number of benzene rings is 1. The number of morpholine rings is 1. The van der Waals surface area contributed by atoms with Gasteiger partial charge in [-0.05, 0) is 37.1 Å². The zero-order valence-corrected chi connectivity index (χ0v) is 18.7. The highest BCUT2D eigenvalue weighted by atomic mass is 16.5. The molecular formula is C23H27N7O4. The molecule has 178 valence electrons. The Labute approximate surface area is 195 Å². The summed E-state index contributed by atoms with van der Waals surface area (Å²) in [6.45, 7) is 4.06. The van der Waals surface area contributed by atoms with Crippen LogP contribution in [0.5, 0.6) is 0 Å². The molecule has 2 aromatic heterocycles. The number of anilines is 4.